The minimum absolute atomic E-state index is 0.146. The van der Waals surface area contributed by atoms with Crippen LogP contribution in [-0.2, 0) is 25.0 Å². The highest BCUT2D eigenvalue weighted by molar-refractivity contribution is 7.16. The third-order valence-electron chi connectivity index (χ3n) is 4.89. The Labute approximate surface area is 184 Å². The molecule has 0 amide bonds. The van der Waals surface area contributed by atoms with E-state index in [0.717, 1.165) is 16.1 Å². The molecule has 0 aliphatic rings. The van der Waals surface area contributed by atoms with Gasteiger partial charge in [-0.05, 0) is 23.3 Å². The zero-order valence-electron chi connectivity index (χ0n) is 17.9. The third kappa shape index (κ3) is 5.24. The van der Waals surface area contributed by atoms with E-state index in [-0.39, 0.29) is 16.8 Å². The molecule has 2 heterocycles. The van der Waals surface area contributed by atoms with Gasteiger partial charge >= 0.3 is 0 Å². The Morgan fingerprint density at radius 1 is 0.968 bits per heavy atom. The van der Waals surface area contributed by atoms with E-state index < -0.39 is 0 Å². The number of rotatable bonds is 6. The van der Waals surface area contributed by atoms with Crippen molar-refractivity contribution in [2.24, 2.45) is 0 Å². The van der Waals surface area contributed by atoms with Crippen molar-refractivity contribution in [2.75, 3.05) is 0 Å². The second-order valence-electron chi connectivity index (χ2n) is 8.69. The summed E-state index contributed by atoms with van der Waals surface area (Å²) in [5.41, 5.74) is 2.55. The number of fused-ring (bicyclic) bond motifs is 1. The van der Waals surface area contributed by atoms with Crippen molar-refractivity contribution in [3.05, 3.63) is 98.7 Å². The molecule has 0 aliphatic carbocycles. The maximum absolute atomic E-state index is 13.3. The first kappa shape index (κ1) is 21.3. The van der Waals surface area contributed by atoms with Gasteiger partial charge in [-0.25, -0.2) is 9.37 Å². The summed E-state index contributed by atoms with van der Waals surface area (Å²) in [5, 5.41) is 5.34. The molecule has 0 atom stereocenters. The van der Waals surface area contributed by atoms with E-state index in [4.69, 9.17) is 4.98 Å². The maximum Gasteiger partial charge on any atom is 0.275 e. The summed E-state index contributed by atoms with van der Waals surface area (Å²) in [4.78, 5) is 20.2. The van der Waals surface area contributed by atoms with Crippen LogP contribution in [0.25, 0.3) is 4.96 Å². The van der Waals surface area contributed by atoms with Gasteiger partial charge in [0.1, 0.15) is 10.8 Å². The van der Waals surface area contributed by atoms with Gasteiger partial charge in [-0.1, -0.05) is 74.6 Å². The summed E-state index contributed by atoms with van der Waals surface area (Å²) < 4.78 is 14.7. The second kappa shape index (κ2) is 8.69. The van der Waals surface area contributed by atoms with Crippen LogP contribution in [0.5, 0.6) is 0 Å². The maximum atomic E-state index is 13.3. The Morgan fingerprint density at radius 2 is 1.61 bits per heavy atom. The minimum atomic E-state index is -0.252. The van der Waals surface area contributed by atoms with Crippen LogP contribution in [0.3, 0.4) is 0 Å². The first-order valence-corrected chi connectivity index (χ1v) is 11.0. The fraction of sp³-hybridized carbons (Fsp3) is 0.292. The molecule has 0 saturated carbocycles. The fourth-order valence-corrected chi connectivity index (χ4v) is 4.31. The SMILES string of the molecule is CC(C)(C)c1nn2c(=O)cc(CN(Cc3ccccc3)Cc3ccc(F)cc3)nc2s1. The van der Waals surface area contributed by atoms with Crippen LogP contribution >= 0.6 is 11.3 Å². The van der Waals surface area contributed by atoms with Crippen LogP contribution in [0.2, 0.25) is 0 Å². The summed E-state index contributed by atoms with van der Waals surface area (Å²) in [6.45, 7) is 8.02. The van der Waals surface area contributed by atoms with E-state index in [1.54, 1.807) is 18.2 Å². The molecule has 4 aromatic rings. The minimum Gasteiger partial charge on any atom is -0.289 e. The van der Waals surface area contributed by atoms with Gasteiger partial charge in [0.05, 0.1) is 5.69 Å². The van der Waals surface area contributed by atoms with Crippen molar-refractivity contribution < 1.29 is 4.39 Å². The molecular formula is C24H25FN4OS. The zero-order valence-corrected chi connectivity index (χ0v) is 18.7. The highest BCUT2D eigenvalue weighted by atomic mass is 32.1. The lowest BCUT2D eigenvalue weighted by atomic mass is 9.98. The molecular weight excluding hydrogens is 411 g/mol. The van der Waals surface area contributed by atoms with Crippen LogP contribution in [0, 0.1) is 5.82 Å². The van der Waals surface area contributed by atoms with Crippen molar-refractivity contribution in [2.45, 2.75) is 45.8 Å². The molecule has 0 unspecified atom stereocenters. The van der Waals surface area contributed by atoms with Crippen LogP contribution < -0.4 is 5.56 Å². The molecule has 4 rings (SSSR count). The van der Waals surface area contributed by atoms with Crippen molar-refractivity contribution in [1.29, 1.82) is 0 Å². The van der Waals surface area contributed by atoms with Gasteiger partial charge in [0.25, 0.3) is 5.56 Å². The van der Waals surface area contributed by atoms with Crippen LogP contribution in [0.4, 0.5) is 4.39 Å². The average Bonchev–Trinajstić information content (AvgIpc) is 3.16. The molecule has 0 spiro atoms. The van der Waals surface area contributed by atoms with Crippen molar-refractivity contribution in [1.82, 2.24) is 19.5 Å². The molecule has 0 bridgehead atoms. The smallest absolute Gasteiger partial charge is 0.275 e. The molecule has 31 heavy (non-hydrogen) atoms. The third-order valence-corrected chi connectivity index (χ3v) is 6.23. The number of aromatic nitrogens is 3. The molecule has 0 radical (unpaired) electrons. The number of hydrogen-bond acceptors (Lipinski definition) is 5. The topological polar surface area (TPSA) is 50.5 Å². The molecule has 7 heteroatoms. The normalized spacial score (nSPS) is 12.0. The Hall–Kier alpha value is -2.90. The number of hydrogen-bond donors (Lipinski definition) is 0. The predicted octanol–water partition coefficient (Wildman–Crippen LogP) is 4.79. The monoisotopic (exact) mass is 436 g/mol. The van der Waals surface area contributed by atoms with Gasteiger partial charge < -0.3 is 0 Å². The molecule has 0 saturated heterocycles. The molecule has 5 nitrogen and oxygen atoms in total. The lowest BCUT2D eigenvalue weighted by Gasteiger charge is -2.22. The average molecular weight is 437 g/mol. The molecule has 0 aliphatic heterocycles. The van der Waals surface area contributed by atoms with E-state index in [1.165, 1.54) is 28.0 Å². The Bertz CT molecular complexity index is 1230. The first-order valence-electron chi connectivity index (χ1n) is 10.2. The summed E-state index contributed by atoms with van der Waals surface area (Å²) in [6, 6.07) is 18.2. The van der Waals surface area contributed by atoms with E-state index in [0.29, 0.717) is 30.3 Å². The molecule has 2 aromatic heterocycles. The summed E-state index contributed by atoms with van der Waals surface area (Å²) >= 11 is 1.45. The predicted molar refractivity (Wildman–Crippen MR) is 122 cm³/mol. The lowest BCUT2D eigenvalue weighted by molar-refractivity contribution is 0.244. The van der Waals surface area contributed by atoms with Crippen LogP contribution in [0.15, 0.2) is 65.5 Å². The van der Waals surface area contributed by atoms with Gasteiger partial charge in [-0.3, -0.25) is 9.69 Å². The van der Waals surface area contributed by atoms with Gasteiger partial charge in [0.2, 0.25) is 4.96 Å². The summed E-state index contributed by atoms with van der Waals surface area (Å²) in [5.74, 6) is -0.252. The second-order valence-corrected chi connectivity index (χ2v) is 9.65. The van der Waals surface area contributed by atoms with Gasteiger partial charge in [-0.2, -0.15) is 9.61 Å². The number of nitrogens with zero attached hydrogens (tertiary/aromatic N) is 4. The highest BCUT2D eigenvalue weighted by Crippen LogP contribution is 2.26. The van der Waals surface area contributed by atoms with E-state index in [1.807, 2.05) is 18.2 Å². The fourth-order valence-electron chi connectivity index (χ4n) is 3.33. The quantitative estimate of drug-likeness (QED) is 0.436. The standard InChI is InChI=1S/C24H25FN4OS/c1-24(2,3)22-27-29-21(30)13-20(26-23(29)31-22)16-28(14-17-7-5-4-6-8-17)15-18-9-11-19(25)12-10-18/h4-13H,14-16H2,1-3H3. The van der Waals surface area contributed by atoms with Crippen LogP contribution in [0.1, 0.15) is 42.6 Å². The van der Waals surface area contributed by atoms with Crippen molar-refractivity contribution in [3.8, 4) is 0 Å². The lowest BCUT2D eigenvalue weighted by Crippen LogP contribution is -2.25. The summed E-state index contributed by atoms with van der Waals surface area (Å²) in [6.07, 6.45) is 0. The molecule has 0 N–H and O–H groups in total. The molecule has 160 valence electrons. The Kier molecular flexibility index (Phi) is 5.98. The van der Waals surface area contributed by atoms with Gasteiger partial charge in [-0.15, -0.1) is 0 Å². The van der Waals surface area contributed by atoms with Crippen molar-refractivity contribution >= 4 is 16.3 Å². The molecule has 0 fully saturated rings. The molecule has 2 aromatic carbocycles. The van der Waals surface area contributed by atoms with Crippen molar-refractivity contribution in [3.63, 3.8) is 0 Å². The number of halogens is 1. The van der Waals surface area contributed by atoms with E-state index in [9.17, 15) is 9.18 Å². The van der Waals surface area contributed by atoms with Gasteiger partial charge in [0, 0.05) is 31.1 Å². The zero-order chi connectivity index (χ0) is 22.0. The number of benzene rings is 2. The van der Waals surface area contributed by atoms with Gasteiger partial charge in [0.15, 0.2) is 0 Å². The first-order chi connectivity index (χ1) is 14.8. The highest BCUT2D eigenvalue weighted by Gasteiger charge is 2.21. The van der Waals surface area contributed by atoms with E-state index >= 15 is 0 Å². The van der Waals surface area contributed by atoms with E-state index in [2.05, 4.69) is 42.9 Å². The Balaban J connectivity index is 1.64. The largest absolute Gasteiger partial charge is 0.289 e. The van der Waals surface area contributed by atoms with Crippen LogP contribution in [-0.4, -0.2) is 19.5 Å². The summed E-state index contributed by atoms with van der Waals surface area (Å²) in [7, 11) is 0. The Morgan fingerprint density at radius 3 is 2.26 bits per heavy atom.